The van der Waals surface area contributed by atoms with E-state index >= 15 is 0 Å². The van der Waals surface area contributed by atoms with Crippen LogP contribution in [-0.4, -0.2) is 36.5 Å². The maximum absolute atomic E-state index is 5.56. The molecule has 1 atom stereocenters. The van der Waals surface area contributed by atoms with Crippen molar-refractivity contribution in [3.8, 4) is 0 Å². The average Bonchev–Trinajstić information content (AvgIpc) is 2.85. The van der Waals surface area contributed by atoms with Gasteiger partial charge < -0.3 is 15.8 Å². The van der Waals surface area contributed by atoms with Gasteiger partial charge in [-0.05, 0) is 31.5 Å². The first-order chi connectivity index (χ1) is 8.85. The van der Waals surface area contributed by atoms with Crippen molar-refractivity contribution in [1.29, 1.82) is 0 Å². The minimum Gasteiger partial charge on any atom is -0.383 e. The van der Waals surface area contributed by atoms with Gasteiger partial charge in [-0.1, -0.05) is 6.07 Å². The first-order valence-corrected chi connectivity index (χ1v) is 6.22. The van der Waals surface area contributed by atoms with Crippen molar-refractivity contribution < 1.29 is 4.74 Å². The number of rotatable bonds is 7. The van der Waals surface area contributed by atoms with E-state index in [0.717, 1.165) is 29.4 Å². The van der Waals surface area contributed by atoms with Gasteiger partial charge in [-0.2, -0.15) is 5.10 Å². The van der Waals surface area contributed by atoms with E-state index in [1.807, 2.05) is 18.3 Å². The molecule has 0 aliphatic rings. The quantitative estimate of drug-likeness (QED) is 0.697. The Morgan fingerprint density at radius 1 is 1.50 bits per heavy atom. The predicted molar refractivity (Wildman–Crippen MR) is 73.7 cm³/mol. The van der Waals surface area contributed by atoms with Crippen LogP contribution in [0.15, 0.2) is 24.4 Å². The first-order valence-electron chi connectivity index (χ1n) is 6.22. The third-order valence-corrected chi connectivity index (χ3v) is 2.97. The maximum atomic E-state index is 5.56. The molecule has 5 heteroatoms. The summed E-state index contributed by atoms with van der Waals surface area (Å²) in [5, 5.41) is 11.6. The zero-order valence-electron chi connectivity index (χ0n) is 10.6. The topological polar surface area (TPSA) is 76.0 Å². The van der Waals surface area contributed by atoms with Crippen molar-refractivity contribution in [3.63, 3.8) is 0 Å². The lowest BCUT2D eigenvalue weighted by Crippen LogP contribution is -2.25. The summed E-state index contributed by atoms with van der Waals surface area (Å²) in [7, 11) is 1.72. The second-order valence-corrected chi connectivity index (χ2v) is 4.36. The van der Waals surface area contributed by atoms with E-state index < -0.39 is 0 Å². The van der Waals surface area contributed by atoms with Gasteiger partial charge in [0.25, 0.3) is 0 Å². The largest absolute Gasteiger partial charge is 0.383 e. The number of nitrogens with zero attached hydrogens (tertiary/aromatic N) is 1. The molecule has 0 radical (unpaired) electrons. The molecule has 0 spiro atoms. The van der Waals surface area contributed by atoms with Gasteiger partial charge in [-0.15, -0.1) is 0 Å². The summed E-state index contributed by atoms with van der Waals surface area (Å²) in [4.78, 5) is 0. The van der Waals surface area contributed by atoms with Crippen LogP contribution in [0.5, 0.6) is 0 Å². The van der Waals surface area contributed by atoms with Gasteiger partial charge in [0.15, 0.2) is 0 Å². The Bertz CT molecular complexity index is 483. The highest BCUT2D eigenvalue weighted by molar-refractivity contribution is 5.90. The Labute approximate surface area is 107 Å². The third kappa shape index (κ3) is 3.00. The highest BCUT2D eigenvalue weighted by Crippen LogP contribution is 2.22. The number of methoxy groups -OCH3 is 1. The van der Waals surface area contributed by atoms with Crippen LogP contribution >= 0.6 is 0 Å². The number of aromatic amines is 1. The summed E-state index contributed by atoms with van der Waals surface area (Å²) in [6.07, 6.45) is 3.82. The molecule has 0 saturated heterocycles. The zero-order chi connectivity index (χ0) is 12.8. The molecule has 0 fully saturated rings. The standard InChI is InChI=1S/C13H20N4O/c1-18-9-10(4-3-7-14)16-12-5-2-6-13-11(12)8-15-17-13/h2,5-6,8,10,16H,3-4,7,9,14H2,1H3,(H,15,17). The summed E-state index contributed by atoms with van der Waals surface area (Å²) < 4.78 is 5.24. The Hall–Kier alpha value is -1.59. The molecule has 2 aromatic rings. The van der Waals surface area contributed by atoms with Crippen LogP contribution in [0, 0.1) is 0 Å². The van der Waals surface area contributed by atoms with E-state index in [0.29, 0.717) is 13.2 Å². The number of H-pyrrole nitrogens is 1. The molecule has 1 heterocycles. The number of anilines is 1. The number of ether oxygens (including phenoxy) is 1. The Morgan fingerprint density at radius 2 is 2.39 bits per heavy atom. The molecule has 0 aliphatic carbocycles. The smallest absolute Gasteiger partial charge is 0.0671 e. The van der Waals surface area contributed by atoms with Gasteiger partial charge in [0.1, 0.15) is 0 Å². The van der Waals surface area contributed by atoms with Crippen molar-refractivity contribution in [3.05, 3.63) is 24.4 Å². The number of fused-ring (bicyclic) bond motifs is 1. The Kier molecular flexibility index (Phi) is 4.55. The molecule has 1 aromatic carbocycles. The second kappa shape index (κ2) is 6.37. The van der Waals surface area contributed by atoms with Crippen molar-refractivity contribution in [2.24, 2.45) is 5.73 Å². The number of nitrogens with two attached hydrogens (primary N) is 1. The molecule has 0 amide bonds. The molecular formula is C13H20N4O. The molecule has 0 saturated carbocycles. The van der Waals surface area contributed by atoms with E-state index in [2.05, 4.69) is 21.6 Å². The van der Waals surface area contributed by atoms with Gasteiger partial charge in [0, 0.05) is 24.2 Å². The lowest BCUT2D eigenvalue weighted by atomic mass is 10.1. The highest BCUT2D eigenvalue weighted by atomic mass is 16.5. The van der Waals surface area contributed by atoms with E-state index in [9.17, 15) is 0 Å². The maximum Gasteiger partial charge on any atom is 0.0671 e. The van der Waals surface area contributed by atoms with Crippen LogP contribution < -0.4 is 11.1 Å². The van der Waals surface area contributed by atoms with Crippen LogP contribution in [0.1, 0.15) is 12.8 Å². The summed E-state index contributed by atoms with van der Waals surface area (Å²) in [5.41, 5.74) is 7.68. The van der Waals surface area contributed by atoms with Crippen molar-refractivity contribution in [1.82, 2.24) is 10.2 Å². The van der Waals surface area contributed by atoms with Gasteiger partial charge in [-0.3, -0.25) is 5.10 Å². The van der Waals surface area contributed by atoms with E-state index in [4.69, 9.17) is 10.5 Å². The third-order valence-electron chi connectivity index (χ3n) is 2.97. The van der Waals surface area contributed by atoms with E-state index in [-0.39, 0.29) is 6.04 Å². The zero-order valence-corrected chi connectivity index (χ0v) is 10.6. The number of aromatic nitrogens is 2. The molecule has 98 valence electrons. The van der Waals surface area contributed by atoms with Crippen molar-refractivity contribution in [2.75, 3.05) is 25.6 Å². The van der Waals surface area contributed by atoms with Gasteiger partial charge >= 0.3 is 0 Å². The number of benzene rings is 1. The Morgan fingerprint density at radius 3 is 3.17 bits per heavy atom. The summed E-state index contributed by atoms with van der Waals surface area (Å²) in [5.74, 6) is 0. The monoisotopic (exact) mass is 248 g/mol. The number of hydrogen-bond donors (Lipinski definition) is 3. The minimum atomic E-state index is 0.277. The molecule has 1 aromatic heterocycles. The predicted octanol–water partition coefficient (Wildman–Crippen LogP) is 1.73. The van der Waals surface area contributed by atoms with Crippen LogP contribution in [0.3, 0.4) is 0 Å². The number of nitrogens with one attached hydrogen (secondary N) is 2. The SMILES string of the molecule is COCC(CCCN)Nc1cccc2[nH]ncc12. The summed E-state index contributed by atoms with van der Waals surface area (Å²) in [6.45, 7) is 1.38. The molecule has 5 nitrogen and oxygen atoms in total. The van der Waals surface area contributed by atoms with Gasteiger partial charge in [0.2, 0.25) is 0 Å². The normalized spacial score (nSPS) is 12.8. The molecule has 18 heavy (non-hydrogen) atoms. The average molecular weight is 248 g/mol. The Balaban J connectivity index is 2.12. The molecular weight excluding hydrogens is 228 g/mol. The second-order valence-electron chi connectivity index (χ2n) is 4.36. The highest BCUT2D eigenvalue weighted by Gasteiger charge is 2.10. The van der Waals surface area contributed by atoms with E-state index in [1.54, 1.807) is 7.11 Å². The first kappa shape index (κ1) is 12.9. The van der Waals surface area contributed by atoms with Crippen LogP contribution in [0.2, 0.25) is 0 Å². The minimum absolute atomic E-state index is 0.277. The van der Waals surface area contributed by atoms with Crippen LogP contribution in [0.25, 0.3) is 10.9 Å². The fourth-order valence-electron chi connectivity index (χ4n) is 2.08. The van der Waals surface area contributed by atoms with Crippen molar-refractivity contribution in [2.45, 2.75) is 18.9 Å². The summed E-state index contributed by atoms with van der Waals surface area (Å²) >= 11 is 0. The number of hydrogen-bond acceptors (Lipinski definition) is 4. The van der Waals surface area contributed by atoms with Crippen LogP contribution in [-0.2, 0) is 4.74 Å². The van der Waals surface area contributed by atoms with Crippen LogP contribution in [0.4, 0.5) is 5.69 Å². The summed E-state index contributed by atoms with van der Waals surface area (Å²) in [6, 6.07) is 6.36. The fourth-order valence-corrected chi connectivity index (χ4v) is 2.08. The molecule has 0 bridgehead atoms. The molecule has 4 N–H and O–H groups in total. The lowest BCUT2D eigenvalue weighted by molar-refractivity contribution is 0.182. The lowest BCUT2D eigenvalue weighted by Gasteiger charge is -2.19. The molecule has 2 rings (SSSR count). The van der Waals surface area contributed by atoms with Crippen molar-refractivity contribution >= 4 is 16.6 Å². The fraction of sp³-hybridized carbons (Fsp3) is 0.462. The molecule has 1 unspecified atom stereocenters. The van der Waals surface area contributed by atoms with Gasteiger partial charge in [0.05, 0.1) is 18.3 Å². The van der Waals surface area contributed by atoms with Gasteiger partial charge in [-0.25, -0.2) is 0 Å². The van der Waals surface area contributed by atoms with E-state index in [1.165, 1.54) is 0 Å². The molecule has 0 aliphatic heterocycles.